The Labute approximate surface area is 200 Å². The Kier molecular flexibility index (Phi) is 9.01. The molecule has 0 radical (unpaired) electrons. The van der Waals surface area contributed by atoms with Gasteiger partial charge in [-0.1, -0.05) is 42.5 Å². The van der Waals surface area contributed by atoms with E-state index in [0.717, 1.165) is 22.6 Å². The number of guanidine groups is 1. The van der Waals surface area contributed by atoms with Crippen LogP contribution < -0.4 is 10.0 Å². The molecule has 1 heterocycles. The fourth-order valence-electron chi connectivity index (χ4n) is 2.98. The summed E-state index contributed by atoms with van der Waals surface area (Å²) in [6.45, 7) is 1.08. The highest BCUT2D eigenvalue weighted by Gasteiger charge is 2.12. The Bertz CT molecular complexity index is 1100. The number of aliphatic imine (C=N–C) groups is 1. The van der Waals surface area contributed by atoms with Gasteiger partial charge in [0.15, 0.2) is 5.96 Å². The van der Waals surface area contributed by atoms with Crippen LogP contribution in [-0.4, -0.2) is 50.4 Å². The van der Waals surface area contributed by atoms with Crippen molar-refractivity contribution >= 4 is 40.0 Å². The number of sulfonamides is 1. The highest BCUT2D eigenvalue weighted by molar-refractivity contribution is 14.0. The Morgan fingerprint density at radius 1 is 1.13 bits per heavy atom. The molecule has 0 bridgehead atoms. The third-order valence-corrected chi connectivity index (χ3v) is 6.06. The van der Waals surface area contributed by atoms with Gasteiger partial charge in [0.05, 0.1) is 23.3 Å². The molecule has 0 spiro atoms. The molecule has 3 aromatic rings. The van der Waals surface area contributed by atoms with E-state index in [1.807, 2.05) is 48.5 Å². The summed E-state index contributed by atoms with van der Waals surface area (Å²) in [7, 11) is 1.62. The molecule has 0 amide bonds. The Balaban J connectivity index is 0.00000341. The van der Waals surface area contributed by atoms with Gasteiger partial charge in [-0.15, -0.1) is 24.0 Å². The van der Waals surface area contributed by atoms with E-state index in [2.05, 4.69) is 25.0 Å². The van der Waals surface area contributed by atoms with Crippen LogP contribution in [0.4, 0.5) is 0 Å². The molecule has 8 nitrogen and oxygen atoms in total. The lowest BCUT2D eigenvalue weighted by Gasteiger charge is -2.21. The number of rotatable bonds is 7. The van der Waals surface area contributed by atoms with Crippen LogP contribution >= 0.6 is 24.0 Å². The molecular formula is C21H27IN6O2S. The topological polar surface area (TPSA) is 102 Å². The Morgan fingerprint density at radius 2 is 1.81 bits per heavy atom. The number of aromatic amines is 1. The lowest BCUT2D eigenvalue weighted by molar-refractivity contribution is 0.464. The zero-order valence-corrected chi connectivity index (χ0v) is 20.8. The van der Waals surface area contributed by atoms with Crippen molar-refractivity contribution in [2.24, 2.45) is 4.99 Å². The number of nitrogens with zero attached hydrogens (tertiary/aromatic N) is 3. The number of imidazole rings is 1. The summed E-state index contributed by atoms with van der Waals surface area (Å²) >= 11 is 0. The zero-order valence-electron chi connectivity index (χ0n) is 17.7. The number of nitrogens with one attached hydrogen (secondary N) is 3. The molecule has 3 rings (SSSR count). The predicted octanol–water partition coefficient (Wildman–Crippen LogP) is 2.81. The Hall–Kier alpha value is -2.44. The van der Waals surface area contributed by atoms with E-state index in [-0.39, 0.29) is 28.9 Å². The molecule has 0 aliphatic heterocycles. The van der Waals surface area contributed by atoms with Crippen LogP contribution in [0.5, 0.6) is 0 Å². The van der Waals surface area contributed by atoms with Crippen molar-refractivity contribution in [2.45, 2.75) is 18.0 Å². The summed E-state index contributed by atoms with van der Waals surface area (Å²) in [6.07, 6.45) is 1.83. The first kappa shape index (κ1) is 24.8. The van der Waals surface area contributed by atoms with Crippen molar-refractivity contribution in [1.82, 2.24) is 24.9 Å². The molecule has 0 aliphatic carbocycles. The van der Waals surface area contributed by atoms with E-state index in [1.165, 1.54) is 7.05 Å². The van der Waals surface area contributed by atoms with Gasteiger partial charge in [-0.25, -0.2) is 18.1 Å². The van der Waals surface area contributed by atoms with E-state index in [1.54, 1.807) is 31.3 Å². The summed E-state index contributed by atoms with van der Waals surface area (Å²) in [5.41, 5.74) is 3.01. The van der Waals surface area contributed by atoms with E-state index in [9.17, 15) is 8.42 Å². The van der Waals surface area contributed by atoms with Gasteiger partial charge < -0.3 is 15.2 Å². The standard InChI is InChI=1S/C21H26N6O2S.HI/c1-22-21(25-13-16-9-11-18(12-10-16)30(28,29)23-2)27(3)15-20-24-14-19(26-20)17-7-5-4-6-8-17;/h4-12,14,23H,13,15H2,1-3H3,(H,22,25)(H,24,26);1H. The maximum Gasteiger partial charge on any atom is 0.240 e. The molecule has 2 aromatic carbocycles. The van der Waals surface area contributed by atoms with Crippen LogP contribution in [-0.2, 0) is 23.1 Å². The van der Waals surface area contributed by atoms with Gasteiger partial charge in [0.25, 0.3) is 0 Å². The van der Waals surface area contributed by atoms with Crippen molar-refractivity contribution in [2.75, 3.05) is 21.1 Å². The fourth-order valence-corrected chi connectivity index (χ4v) is 3.71. The lowest BCUT2D eigenvalue weighted by atomic mass is 10.2. The number of hydrogen-bond acceptors (Lipinski definition) is 4. The van der Waals surface area contributed by atoms with E-state index in [4.69, 9.17) is 0 Å². The quantitative estimate of drug-likeness (QED) is 0.237. The van der Waals surface area contributed by atoms with E-state index < -0.39 is 10.0 Å². The largest absolute Gasteiger partial charge is 0.352 e. The second-order valence-electron chi connectivity index (χ2n) is 6.72. The first-order valence-electron chi connectivity index (χ1n) is 9.46. The van der Waals surface area contributed by atoms with Gasteiger partial charge in [-0.2, -0.15) is 0 Å². The molecule has 166 valence electrons. The molecule has 31 heavy (non-hydrogen) atoms. The van der Waals surface area contributed by atoms with Crippen LogP contribution in [0, 0.1) is 0 Å². The zero-order chi connectivity index (χ0) is 21.6. The first-order valence-corrected chi connectivity index (χ1v) is 10.9. The van der Waals surface area contributed by atoms with Crippen LogP contribution in [0.2, 0.25) is 0 Å². The summed E-state index contributed by atoms with van der Waals surface area (Å²) < 4.78 is 25.9. The minimum absolute atomic E-state index is 0. The van der Waals surface area contributed by atoms with Crippen molar-refractivity contribution in [1.29, 1.82) is 0 Å². The smallest absolute Gasteiger partial charge is 0.240 e. The summed E-state index contributed by atoms with van der Waals surface area (Å²) in [4.78, 5) is 14.3. The highest BCUT2D eigenvalue weighted by Crippen LogP contribution is 2.16. The summed E-state index contributed by atoms with van der Waals surface area (Å²) in [5.74, 6) is 1.54. The average molecular weight is 554 g/mol. The van der Waals surface area contributed by atoms with Crippen LogP contribution in [0.3, 0.4) is 0 Å². The van der Waals surface area contributed by atoms with Crippen molar-refractivity contribution < 1.29 is 8.42 Å². The number of halogens is 1. The third-order valence-electron chi connectivity index (χ3n) is 4.63. The SMILES string of the molecule is CN=C(NCc1ccc(S(=O)(=O)NC)cc1)N(C)Cc1ncc(-c2ccccc2)[nH]1.I. The van der Waals surface area contributed by atoms with Gasteiger partial charge in [0.1, 0.15) is 5.82 Å². The summed E-state index contributed by atoms with van der Waals surface area (Å²) in [6, 6.07) is 16.8. The normalized spacial score (nSPS) is 11.6. The van der Waals surface area contributed by atoms with Crippen molar-refractivity contribution in [3.05, 3.63) is 72.2 Å². The molecule has 0 saturated carbocycles. The highest BCUT2D eigenvalue weighted by atomic mass is 127. The second-order valence-corrected chi connectivity index (χ2v) is 8.60. The monoisotopic (exact) mass is 554 g/mol. The predicted molar refractivity (Wildman–Crippen MR) is 134 cm³/mol. The second kappa shape index (κ2) is 11.3. The van der Waals surface area contributed by atoms with Crippen LogP contribution in [0.25, 0.3) is 11.3 Å². The van der Waals surface area contributed by atoms with E-state index >= 15 is 0 Å². The van der Waals surface area contributed by atoms with Crippen LogP contribution in [0.1, 0.15) is 11.4 Å². The van der Waals surface area contributed by atoms with Gasteiger partial charge in [0.2, 0.25) is 10.0 Å². The van der Waals surface area contributed by atoms with Gasteiger partial charge in [0, 0.05) is 20.6 Å². The maximum absolute atomic E-state index is 11.8. The van der Waals surface area contributed by atoms with Gasteiger partial charge >= 0.3 is 0 Å². The molecular weight excluding hydrogens is 527 g/mol. The maximum atomic E-state index is 11.8. The minimum Gasteiger partial charge on any atom is -0.352 e. The molecule has 0 saturated heterocycles. The number of H-pyrrole nitrogens is 1. The fraction of sp³-hybridized carbons (Fsp3) is 0.238. The number of benzene rings is 2. The van der Waals surface area contributed by atoms with Gasteiger partial charge in [-0.05, 0) is 30.3 Å². The lowest BCUT2D eigenvalue weighted by Crippen LogP contribution is -2.38. The molecule has 0 atom stereocenters. The Morgan fingerprint density at radius 3 is 2.42 bits per heavy atom. The molecule has 10 heteroatoms. The van der Waals surface area contributed by atoms with Gasteiger partial charge in [-0.3, -0.25) is 4.99 Å². The number of aromatic nitrogens is 2. The van der Waals surface area contributed by atoms with Crippen molar-refractivity contribution in [3.8, 4) is 11.3 Å². The number of hydrogen-bond donors (Lipinski definition) is 3. The molecule has 1 aromatic heterocycles. The van der Waals surface area contributed by atoms with Crippen LogP contribution in [0.15, 0.2) is 70.7 Å². The average Bonchev–Trinajstić information content (AvgIpc) is 3.23. The molecule has 0 unspecified atom stereocenters. The molecule has 0 aliphatic rings. The molecule has 0 fully saturated rings. The first-order chi connectivity index (χ1) is 14.4. The minimum atomic E-state index is -3.43. The third kappa shape index (κ3) is 6.52. The van der Waals surface area contributed by atoms with Crippen molar-refractivity contribution in [3.63, 3.8) is 0 Å². The molecule has 3 N–H and O–H groups in total. The summed E-state index contributed by atoms with van der Waals surface area (Å²) in [5, 5.41) is 3.29. The van der Waals surface area contributed by atoms with E-state index in [0.29, 0.717) is 19.0 Å².